The number of benzene rings is 1. The van der Waals surface area contributed by atoms with Crippen molar-refractivity contribution in [3.8, 4) is 0 Å². The van der Waals surface area contributed by atoms with Crippen molar-refractivity contribution in [1.29, 1.82) is 0 Å². The number of imidazole rings is 1. The molecule has 2 aromatic heterocycles. The second-order valence-electron chi connectivity index (χ2n) is 5.88. The summed E-state index contributed by atoms with van der Waals surface area (Å²) in [4.78, 5) is 36.6. The molecule has 0 aliphatic carbocycles. The molecule has 2 heterocycles. The molecule has 1 N–H and O–H groups in total. The minimum absolute atomic E-state index is 0.244. The molecular formula is C18H17FN4O2. The number of hydrogen-bond acceptors (Lipinski definition) is 4. The van der Waals surface area contributed by atoms with E-state index >= 15 is 0 Å². The van der Waals surface area contributed by atoms with Gasteiger partial charge in [0.15, 0.2) is 0 Å². The Bertz CT molecular complexity index is 938. The van der Waals surface area contributed by atoms with Crippen LogP contribution < -0.4 is 0 Å². The highest BCUT2D eigenvalue weighted by molar-refractivity contribution is 5.99. The summed E-state index contributed by atoms with van der Waals surface area (Å²) < 4.78 is 13.3. The summed E-state index contributed by atoms with van der Waals surface area (Å²) in [5, 5.41) is 0. The lowest BCUT2D eigenvalue weighted by Gasteiger charge is -2.22. The molecule has 2 amide bonds. The Kier molecular flexibility index (Phi) is 4.56. The Labute approximate surface area is 143 Å². The van der Waals surface area contributed by atoms with E-state index in [0.29, 0.717) is 35.3 Å². The van der Waals surface area contributed by atoms with E-state index in [1.165, 1.54) is 18.3 Å². The number of rotatable bonds is 5. The van der Waals surface area contributed by atoms with Gasteiger partial charge in [0, 0.05) is 18.7 Å². The molecule has 3 rings (SSSR count). The maximum atomic E-state index is 13.3. The van der Waals surface area contributed by atoms with Crippen molar-refractivity contribution in [2.45, 2.75) is 26.3 Å². The molecule has 25 heavy (non-hydrogen) atoms. The average Bonchev–Trinajstić information content (AvgIpc) is 2.97. The quantitative estimate of drug-likeness (QED) is 0.724. The fraction of sp³-hybridized carbons (Fsp3) is 0.222. The first-order valence-corrected chi connectivity index (χ1v) is 7.83. The third kappa shape index (κ3) is 3.40. The van der Waals surface area contributed by atoms with E-state index in [2.05, 4.69) is 15.0 Å². The summed E-state index contributed by atoms with van der Waals surface area (Å²) in [6, 6.07) is 7.33. The van der Waals surface area contributed by atoms with Crippen molar-refractivity contribution in [2.75, 3.05) is 0 Å². The third-order valence-corrected chi connectivity index (χ3v) is 4.02. The molecule has 1 unspecified atom stereocenters. The van der Waals surface area contributed by atoms with Crippen LogP contribution in [-0.2, 0) is 11.2 Å². The number of aryl methyl sites for hydroxylation is 1. The largest absolute Gasteiger partial charge is 0.342 e. The van der Waals surface area contributed by atoms with Crippen LogP contribution in [0.25, 0.3) is 11.0 Å². The monoisotopic (exact) mass is 340 g/mol. The van der Waals surface area contributed by atoms with Gasteiger partial charge in [0.25, 0.3) is 5.91 Å². The van der Waals surface area contributed by atoms with Gasteiger partial charge in [-0.3, -0.25) is 19.5 Å². The second kappa shape index (κ2) is 6.80. The standard InChI is InChI=1S/C18H17FN4O2/c1-11-4-3-7-20-17(11)18(25)23(10-24)12(2)8-16-21-14-6-5-13(19)9-15(14)22-16/h3-7,9-10,12H,8H2,1-2H3,(H,21,22). The molecule has 0 saturated carbocycles. The molecule has 0 bridgehead atoms. The number of pyridine rings is 1. The molecule has 1 aromatic carbocycles. The highest BCUT2D eigenvalue weighted by atomic mass is 19.1. The van der Waals surface area contributed by atoms with Crippen LogP contribution in [0.2, 0.25) is 0 Å². The van der Waals surface area contributed by atoms with Crippen LogP contribution in [0, 0.1) is 12.7 Å². The molecule has 0 aliphatic heterocycles. The summed E-state index contributed by atoms with van der Waals surface area (Å²) in [7, 11) is 0. The van der Waals surface area contributed by atoms with Crippen molar-refractivity contribution in [3.05, 3.63) is 59.4 Å². The number of carbonyl (C=O) groups excluding carboxylic acids is 2. The lowest BCUT2D eigenvalue weighted by molar-refractivity contribution is -0.117. The highest BCUT2D eigenvalue weighted by Gasteiger charge is 2.24. The molecule has 0 spiro atoms. The van der Waals surface area contributed by atoms with E-state index in [-0.39, 0.29) is 11.5 Å². The first-order valence-electron chi connectivity index (χ1n) is 7.83. The van der Waals surface area contributed by atoms with Crippen LogP contribution in [0.1, 0.15) is 28.8 Å². The molecule has 0 radical (unpaired) electrons. The van der Waals surface area contributed by atoms with Crippen LogP contribution in [0.3, 0.4) is 0 Å². The van der Waals surface area contributed by atoms with E-state index in [0.717, 1.165) is 4.90 Å². The van der Waals surface area contributed by atoms with Gasteiger partial charge in [-0.05, 0) is 43.7 Å². The maximum Gasteiger partial charge on any atom is 0.279 e. The minimum Gasteiger partial charge on any atom is -0.342 e. The van der Waals surface area contributed by atoms with E-state index < -0.39 is 11.9 Å². The average molecular weight is 340 g/mol. The van der Waals surface area contributed by atoms with Gasteiger partial charge in [-0.25, -0.2) is 9.37 Å². The molecule has 0 saturated heterocycles. The van der Waals surface area contributed by atoms with Crippen molar-refractivity contribution in [1.82, 2.24) is 19.9 Å². The van der Waals surface area contributed by atoms with Gasteiger partial charge in [-0.15, -0.1) is 0 Å². The number of H-pyrrole nitrogens is 1. The Morgan fingerprint density at radius 1 is 1.40 bits per heavy atom. The van der Waals surface area contributed by atoms with E-state index in [9.17, 15) is 14.0 Å². The van der Waals surface area contributed by atoms with Gasteiger partial charge < -0.3 is 4.98 Å². The Hall–Kier alpha value is -3.09. The maximum absolute atomic E-state index is 13.3. The van der Waals surface area contributed by atoms with E-state index in [4.69, 9.17) is 0 Å². The van der Waals surface area contributed by atoms with Gasteiger partial charge in [-0.1, -0.05) is 6.07 Å². The zero-order valence-electron chi connectivity index (χ0n) is 13.9. The van der Waals surface area contributed by atoms with Gasteiger partial charge in [0.1, 0.15) is 17.3 Å². The number of aromatic nitrogens is 3. The van der Waals surface area contributed by atoms with E-state index in [1.54, 1.807) is 32.0 Å². The van der Waals surface area contributed by atoms with Crippen LogP contribution in [0.5, 0.6) is 0 Å². The predicted molar refractivity (Wildman–Crippen MR) is 90.4 cm³/mol. The zero-order valence-corrected chi connectivity index (χ0v) is 13.9. The summed E-state index contributed by atoms with van der Waals surface area (Å²) in [6.07, 6.45) is 2.35. The summed E-state index contributed by atoms with van der Waals surface area (Å²) in [5.41, 5.74) is 2.15. The van der Waals surface area contributed by atoms with E-state index in [1.807, 2.05) is 0 Å². The SMILES string of the molecule is Cc1cccnc1C(=O)N(C=O)C(C)Cc1nc2ccc(F)cc2[nH]1. The number of imide groups is 1. The summed E-state index contributed by atoms with van der Waals surface area (Å²) in [5.74, 6) is -0.237. The van der Waals surface area contributed by atoms with Crippen molar-refractivity contribution in [3.63, 3.8) is 0 Å². The molecule has 3 aromatic rings. The zero-order chi connectivity index (χ0) is 18.0. The van der Waals surface area contributed by atoms with Gasteiger partial charge >= 0.3 is 0 Å². The Morgan fingerprint density at radius 3 is 2.92 bits per heavy atom. The normalized spacial score (nSPS) is 12.1. The molecule has 0 fully saturated rings. The number of halogens is 1. The van der Waals surface area contributed by atoms with Crippen molar-refractivity contribution in [2.24, 2.45) is 0 Å². The third-order valence-electron chi connectivity index (χ3n) is 4.02. The fourth-order valence-electron chi connectivity index (χ4n) is 2.69. The Balaban J connectivity index is 1.82. The van der Waals surface area contributed by atoms with Gasteiger partial charge in [-0.2, -0.15) is 0 Å². The van der Waals surface area contributed by atoms with Crippen molar-refractivity contribution >= 4 is 23.4 Å². The topological polar surface area (TPSA) is 79.0 Å². The van der Waals surface area contributed by atoms with Gasteiger partial charge in [0.2, 0.25) is 6.41 Å². The van der Waals surface area contributed by atoms with Crippen LogP contribution >= 0.6 is 0 Å². The molecular weight excluding hydrogens is 323 g/mol. The lowest BCUT2D eigenvalue weighted by atomic mass is 10.1. The smallest absolute Gasteiger partial charge is 0.279 e. The first-order chi connectivity index (χ1) is 12.0. The predicted octanol–water partition coefficient (Wildman–Crippen LogP) is 2.64. The van der Waals surface area contributed by atoms with Gasteiger partial charge in [0.05, 0.1) is 11.0 Å². The molecule has 7 heteroatoms. The number of amides is 2. The molecule has 1 atom stereocenters. The summed E-state index contributed by atoms with van der Waals surface area (Å²) >= 11 is 0. The highest BCUT2D eigenvalue weighted by Crippen LogP contribution is 2.16. The number of carbonyl (C=O) groups is 2. The molecule has 128 valence electrons. The first kappa shape index (κ1) is 16.8. The molecule has 6 nitrogen and oxygen atoms in total. The Morgan fingerprint density at radius 2 is 2.20 bits per heavy atom. The minimum atomic E-state index is -0.456. The number of fused-ring (bicyclic) bond motifs is 1. The molecule has 0 aliphatic rings. The van der Waals surface area contributed by atoms with Crippen molar-refractivity contribution < 1.29 is 14.0 Å². The number of nitrogens with zero attached hydrogens (tertiary/aromatic N) is 3. The lowest BCUT2D eigenvalue weighted by Crippen LogP contribution is -2.39. The summed E-state index contributed by atoms with van der Waals surface area (Å²) in [6.45, 7) is 3.51. The fourth-order valence-corrected chi connectivity index (χ4v) is 2.69. The van der Waals surface area contributed by atoms with Crippen LogP contribution in [0.15, 0.2) is 36.5 Å². The number of nitrogens with one attached hydrogen (secondary N) is 1. The number of hydrogen-bond donors (Lipinski definition) is 1. The second-order valence-corrected chi connectivity index (χ2v) is 5.88. The van der Waals surface area contributed by atoms with Crippen LogP contribution in [0.4, 0.5) is 4.39 Å². The van der Waals surface area contributed by atoms with Crippen LogP contribution in [-0.4, -0.2) is 38.2 Å². The number of aromatic amines is 1.